The fraction of sp³-hybridized carbons (Fsp3) is 0.0625. The minimum absolute atomic E-state index is 0.974. The lowest BCUT2D eigenvalue weighted by Crippen LogP contribution is -1.89. The molecule has 1 nitrogen and oxygen atoms in total. The van der Waals surface area contributed by atoms with E-state index in [-0.39, 0.29) is 0 Å². The van der Waals surface area contributed by atoms with Gasteiger partial charge in [-0.15, -0.1) is 0 Å². The van der Waals surface area contributed by atoms with Gasteiger partial charge in [-0.25, -0.2) is 0 Å². The first-order valence-corrected chi connectivity index (χ1v) is 5.79. The molecule has 0 saturated carbocycles. The molecule has 1 heteroatoms. The van der Waals surface area contributed by atoms with Gasteiger partial charge in [-0.2, -0.15) is 0 Å². The van der Waals surface area contributed by atoms with Crippen molar-refractivity contribution < 1.29 is 0 Å². The maximum Gasteiger partial charge on any atom is 0.0346 e. The molecule has 1 aromatic heterocycles. The van der Waals surface area contributed by atoms with Crippen LogP contribution in [0.3, 0.4) is 0 Å². The van der Waals surface area contributed by atoms with Crippen LogP contribution in [0.15, 0.2) is 67.0 Å². The zero-order valence-corrected chi connectivity index (χ0v) is 9.51. The van der Waals surface area contributed by atoms with Gasteiger partial charge in [-0.05, 0) is 29.0 Å². The Morgan fingerprint density at radius 3 is 2.59 bits per heavy atom. The van der Waals surface area contributed by atoms with Gasteiger partial charge in [-0.1, -0.05) is 48.5 Å². The van der Waals surface area contributed by atoms with Gasteiger partial charge in [0.2, 0.25) is 0 Å². The Morgan fingerprint density at radius 2 is 1.71 bits per heavy atom. The zero-order chi connectivity index (χ0) is 11.5. The summed E-state index contributed by atoms with van der Waals surface area (Å²) in [7, 11) is 0. The maximum absolute atomic E-state index is 4.16. The number of aromatic nitrogens is 1. The van der Waals surface area contributed by atoms with E-state index < -0.39 is 0 Å². The van der Waals surface area contributed by atoms with Gasteiger partial charge in [-0.3, -0.25) is 4.98 Å². The van der Waals surface area contributed by atoms with Crippen LogP contribution in [0.4, 0.5) is 0 Å². The lowest BCUT2D eigenvalue weighted by molar-refractivity contribution is 1.21. The Labute approximate surface area is 101 Å². The van der Waals surface area contributed by atoms with Crippen molar-refractivity contribution in [3.63, 3.8) is 0 Å². The lowest BCUT2D eigenvalue weighted by Gasteiger charge is -2.06. The molecule has 17 heavy (non-hydrogen) atoms. The molecule has 0 aliphatic rings. The Balaban J connectivity index is 2.06. The molecule has 2 aromatic carbocycles. The molecule has 3 aromatic rings. The van der Waals surface area contributed by atoms with Crippen molar-refractivity contribution in [2.75, 3.05) is 0 Å². The van der Waals surface area contributed by atoms with E-state index in [9.17, 15) is 0 Å². The SMILES string of the molecule is c1ccc(Cc2cccc3cnccc23)cc1. The minimum atomic E-state index is 0.974. The van der Waals surface area contributed by atoms with Gasteiger partial charge >= 0.3 is 0 Å². The molecule has 1 heterocycles. The number of benzene rings is 2. The third kappa shape index (κ3) is 2.04. The van der Waals surface area contributed by atoms with E-state index in [0.29, 0.717) is 0 Å². The van der Waals surface area contributed by atoms with E-state index in [2.05, 4.69) is 59.6 Å². The predicted molar refractivity (Wildman–Crippen MR) is 71.0 cm³/mol. The molecular weight excluding hydrogens is 206 g/mol. The molecule has 0 amide bonds. The van der Waals surface area contributed by atoms with Gasteiger partial charge in [0, 0.05) is 17.8 Å². The van der Waals surface area contributed by atoms with E-state index in [0.717, 1.165) is 6.42 Å². The van der Waals surface area contributed by atoms with Crippen molar-refractivity contribution in [2.24, 2.45) is 0 Å². The topological polar surface area (TPSA) is 12.9 Å². The highest BCUT2D eigenvalue weighted by Gasteiger charge is 2.01. The summed E-state index contributed by atoms with van der Waals surface area (Å²) in [5, 5.41) is 2.51. The quantitative estimate of drug-likeness (QED) is 0.638. The molecule has 0 N–H and O–H groups in total. The van der Waals surface area contributed by atoms with E-state index in [1.165, 1.54) is 21.9 Å². The average Bonchev–Trinajstić information content (AvgIpc) is 2.40. The minimum Gasteiger partial charge on any atom is -0.264 e. The van der Waals surface area contributed by atoms with Crippen molar-refractivity contribution >= 4 is 10.8 Å². The highest BCUT2D eigenvalue weighted by Crippen LogP contribution is 2.20. The average molecular weight is 219 g/mol. The van der Waals surface area contributed by atoms with Crippen molar-refractivity contribution in [3.8, 4) is 0 Å². The van der Waals surface area contributed by atoms with Crippen LogP contribution in [0.5, 0.6) is 0 Å². The van der Waals surface area contributed by atoms with Crippen molar-refractivity contribution in [1.82, 2.24) is 4.98 Å². The third-order valence-electron chi connectivity index (χ3n) is 3.01. The van der Waals surface area contributed by atoms with Gasteiger partial charge in [0.25, 0.3) is 0 Å². The number of hydrogen-bond donors (Lipinski definition) is 0. The van der Waals surface area contributed by atoms with Crippen LogP contribution < -0.4 is 0 Å². The third-order valence-corrected chi connectivity index (χ3v) is 3.01. The van der Waals surface area contributed by atoms with Gasteiger partial charge in [0.05, 0.1) is 0 Å². The first-order chi connectivity index (χ1) is 8.43. The van der Waals surface area contributed by atoms with Gasteiger partial charge in [0.1, 0.15) is 0 Å². The molecule has 0 saturated heterocycles. The van der Waals surface area contributed by atoms with Crippen LogP contribution in [0.2, 0.25) is 0 Å². The summed E-state index contributed by atoms with van der Waals surface area (Å²) in [6.45, 7) is 0. The molecule has 0 radical (unpaired) electrons. The van der Waals surface area contributed by atoms with Crippen molar-refractivity contribution in [3.05, 3.63) is 78.1 Å². The molecule has 0 bridgehead atoms. The molecule has 0 atom stereocenters. The summed E-state index contributed by atoms with van der Waals surface area (Å²) in [5.74, 6) is 0. The highest BCUT2D eigenvalue weighted by atomic mass is 14.6. The monoisotopic (exact) mass is 219 g/mol. The molecule has 0 spiro atoms. The van der Waals surface area contributed by atoms with Crippen LogP contribution in [-0.2, 0) is 6.42 Å². The Kier molecular flexibility index (Phi) is 2.59. The van der Waals surface area contributed by atoms with Crippen LogP contribution in [0, 0.1) is 0 Å². The highest BCUT2D eigenvalue weighted by molar-refractivity contribution is 5.85. The number of fused-ring (bicyclic) bond motifs is 1. The standard InChI is InChI=1S/C16H13N/c1-2-5-13(6-3-1)11-14-7-4-8-15-12-17-10-9-16(14)15/h1-10,12H,11H2. The van der Waals surface area contributed by atoms with Crippen LogP contribution >= 0.6 is 0 Å². The summed E-state index contributed by atoms with van der Waals surface area (Å²) < 4.78 is 0. The van der Waals surface area contributed by atoms with E-state index in [4.69, 9.17) is 0 Å². The summed E-state index contributed by atoms with van der Waals surface area (Å²) >= 11 is 0. The summed E-state index contributed by atoms with van der Waals surface area (Å²) in [5.41, 5.74) is 2.70. The van der Waals surface area contributed by atoms with E-state index in [1.54, 1.807) is 0 Å². The summed E-state index contributed by atoms with van der Waals surface area (Å²) in [6.07, 6.45) is 4.75. The number of rotatable bonds is 2. The van der Waals surface area contributed by atoms with Gasteiger partial charge in [0.15, 0.2) is 0 Å². The smallest absolute Gasteiger partial charge is 0.0346 e. The number of hydrogen-bond acceptors (Lipinski definition) is 1. The van der Waals surface area contributed by atoms with Gasteiger partial charge < -0.3 is 0 Å². The summed E-state index contributed by atoms with van der Waals surface area (Å²) in [6, 6.07) is 19.0. The van der Waals surface area contributed by atoms with E-state index in [1.807, 2.05) is 12.4 Å². The summed E-state index contributed by atoms with van der Waals surface area (Å²) in [4.78, 5) is 4.16. The fourth-order valence-electron chi connectivity index (χ4n) is 2.16. The largest absolute Gasteiger partial charge is 0.264 e. The molecule has 0 aliphatic heterocycles. The van der Waals surface area contributed by atoms with Crippen molar-refractivity contribution in [2.45, 2.75) is 6.42 Å². The second-order valence-electron chi connectivity index (χ2n) is 4.18. The number of pyridine rings is 1. The normalized spacial score (nSPS) is 10.6. The zero-order valence-electron chi connectivity index (χ0n) is 9.51. The molecule has 3 rings (SSSR count). The maximum atomic E-state index is 4.16. The second kappa shape index (κ2) is 4.38. The Morgan fingerprint density at radius 1 is 0.824 bits per heavy atom. The van der Waals surface area contributed by atoms with E-state index >= 15 is 0 Å². The Hall–Kier alpha value is -2.15. The lowest BCUT2D eigenvalue weighted by atomic mass is 10.00. The van der Waals surface area contributed by atoms with Crippen molar-refractivity contribution in [1.29, 1.82) is 0 Å². The molecule has 0 unspecified atom stereocenters. The first kappa shape index (κ1) is 10.0. The first-order valence-electron chi connectivity index (χ1n) is 5.79. The van der Waals surface area contributed by atoms with Crippen LogP contribution in [0.25, 0.3) is 10.8 Å². The van der Waals surface area contributed by atoms with Crippen LogP contribution in [-0.4, -0.2) is 4.98 Å². The fourth-order valence-corrected chi connectivity index (χ4v) is 2.16. The predicted octanol–water partition coefficient (Wildman–Crippen LogP) is 3.83. The molecule has 0 aliphatic carbocycles. The molecule has 82 valence electrons. The second-order valence-corrected chi connectivity index (χ2v) is 4.18. The molecule has 0 fully saturated rings. The van der Waals surface area contributed by atoms with Crippen LogP contribution in [0.1, 0.15) is 11.1 Å². The number of nitrogens with zero attached hydrogens (tertiary/aromatic N) is 1. The molecular formula is C16H13N. The Bertz CT molecular complexity index is 624.